The molecule has 8 heteroatoms. The van der Waals surface area contributed by atoms with Gasteiger partial charge in [0.25, 0.3) is 0 Å². The summed E-state index contributed by atoms with van der Waals surface area (Å²) >= 11 is 5.85. The minimum absolute atomic E-state index is 0.0459. The third-order valence-electron chi connectivity index (χ3n) is 4.64. The van der Waals surface area contributed by atoms with Crippen molar-refractivity contribution in [1.82, 2.24) is 9.21 Å². The van der Waals surface area contributed by atoms with Crippen molar-refractivity contribution in [2.75, 3.05) is 19.6 Å². The number of rotatable bonds is 3. The van der Waals surface area contributed by atoms with E-state index in [4.69, 9.17) is 16.3 Å². The fourth-order valence-electron chi connectivity index (χ4n) is 3.59. The number of benzene rings is 1. The highest BCUT2D eigenvalue weighted by Gasteiger charge is 2.42. The predicted octanol–water partition coefficient (Wildman–Crippen LogP) is 2.13. The molecule has 0 spiro atoms. The van der Waals surface area contributed by atoms with Crippen LogP contribution in [0.3, 0.4) is 0 Å². The molecule has 2 saturated heterocycles. The van der Waals surface area contributed by atoms with Crippen LogP contribution in [0.25, 0.3) is 0 Å². The third kappa shape index (κ3) is 3.84. The van der Waals surface area contributed by atoms with Crippen LogP contribution in [0.15, 0.2) is 29.2 Å². The highest BCUT2D eigenvalue weighted by Crippen LogP contribution is 2.28. The fraction of sp³-hybridized carbons (Fsp3) is 0.588. The van der Waals surface area contributed by atoms with Crippen LogP contribution >= 0.6 is 11.6 Å². The Kier molecular flexibility index (Phi) is 5.39. The predicted molar refractivity (Wildman–Crippen MR) is 95.0 cm³/mol. The molecule has 0 bridgehead atoms. The standard InChI is InChI=1S/C17H23ClN2O4S/c1-12-10-19(11-13(2)24-12)17(21)16-4-3-9-20(16)25(22,23)15-7-5-14(18)6-8-15/h5-8,12-13,16H,3-4,9-11H2,1-2H3/t12-,13+,16-/m0/s1. The first kappa shape index (κ1) is 18.6. The van der Waals surface area contributed by atoms with Gasteiger partial charge in [0, 0.05) is 24.7 Å². The molecule has 0 aromatic heterocycles. The largest absolute Gasteiger partial charge is 0.372 e. The number of carbonyl (C=O) groups excluding carboxylic acids is 1. The van der Waals surface area contributed by atoms with Crippen molar-refractivity contribution in [2.24, 2.45) is 0 Å². The van der Waals surface area contributed by atoms with Crippen LogP contribution in [0, 0.1) is 0 Å². The van der Waals surface area contributed by atoms with E-state index in [2.05, 4.69) is 0 Å². The lowest BCUT2D eigenvalue weighted by Crippen LogP contribution is -2.54. The molecule has 3 atom stereocenters. The summed E-state index contributed by atoms with van der Waals surface area (Å²) < 4.78 is 32.9. The molecule has 0 saturated carbocycles. The van der Waals surface area contributed by atoms with Crippen LogP contribution in [0.4, 0.5) is 0 Å². The van der Waals surface area contributed by atoms with Crippen molar-refractivity contribution in [3.63, 3.8) is 0 Å². The van der Waals surface area contributed by atoms with Gasteiger partial charge in [0.15, 0.2) is 0 Å². The maximum Gasteiger partial charge on any atom is 0.243 e. The zero-order valence-electron chi connectivity index (χ0n) is 14.4. The number of carbonyl (C=O) groups is 1. The zero-order valence-corrected chi connectivity index (χ0v) is 16.0. The van der Waals surface area contributed by atoms with Gasteiger partial charge in [-0.3, -0.25) is 4.79 Å². The third-order valence-corrected chi connectivity index (χ3v) is 6.81. The molecule has 2 heterocycles. The zero-order chi connectivity index (χ0) is 18.2. The molecule has 3 rings (SSSR count). The van der Waals surface area contributed by atoms with Crippen LogP contribution in [0.5, 0.6) is 0 Å². The summed E-state index contributed by atoms with van der Waals surface area (Å²) in [7, 11) is -3.72. The second kappa shape index (κ2) is 7.23. The molecule has 0 aliphatic carbocycles. The fourth-order valence-corrected chi connectivity index (χ4v) is 5.36. The highest BCUT2D eigenvalue weighted by molar-refractivity contribution is 7.89. The van der Waals surface area contributed by atoms with Crippen molar-refractivity contribution in [3.05, 3.63) is 29.3 Å². The molecule has 0 N–H and O–H groups in total. The molecule has 0 unspecified atom stereocenters. The molecule has 1 aromatic carbocycles. The summed E-state index contributed by atoms with van der Waals surface area (Å²) in [6, 6.07) is 5.42. The van der Waals surface area contributed by atoms with Crippen molar-refractivity contribution in [3.8, 4) is 0 Å². The molecular formula is C17H23ClN2O4S. The van der Waals surface area contributed by atoms with Crippen molar-refractivity contribution in [2.45, 2.75) is 49.8 Å². The van der Waals surface area contributed by atoms with Gasteiger partial charge in [-0.2, -0.15) is 4.31 Å². The summed E-state index contributed by atoms with van der Waals surface area (Å²) in [5.74, 6) is -0.128. The number of sulfonamides is 1. The summed E-state index contributed by atoms with van der Waals surface area (Å²) in [4.78, 5) is 14.9. The van der Waals surface area contributed by atoms with Gasteiger partial charge in [-0.25, -0.2) is 8.42 Å². The first-order chi connectivity index (χ1) is 11.8. The molecule has 2 fully saturated rings. The van der Waals surface area contributed by atoms with E-state index in [-0.39, 0.29) is 23.0 Å². The van der Waals surface area contributed by atoms with Crippen molar-refractivity contribution >= 4 is 27.5 Å². The Hall–Kier alpha value is -1.15. The number of amides is 1. The van der Waals surface area contributed by atoms with Gasteiger partial charge in [0.2, 0.25) is 15.9 Å². The van der Waals surface area contributed by atoms with Gasteiger partial charge < -0.3 is 9.64 Å². The molecule has 138 valence electrons. The van der Waals surface area contributed by atoms with E-state index in [0.717, 1.165) is 0 Å². The maximum atomic E-state index is 13.0. The second-order valence-electron chi connectivity index (χ2n) is 6.73. The minimum Gasteiger partial charge on any atom is -0.372 e. The first-order valence-corrected chi connectivity index (χ1v) is 10.3. The Bertz CT molecular complexity index is 728. The topological polar surface area (TPSA) is 66.9 Å². The van der Waals surface area contributed by atoms with Gasteiger partial charge in [0.1, 0.15) is 6.04 Å². The number of hydrogen-bond acceptors (Lipinski definition) is 4. The lowest BCUT2D eigenvalue weighted by atomic mass is 10.1. The average Bonchev–Trinajstić information content (AvgIpc) is 3.04. The van der Waals surface area contributed by atoms with E-state index in [1.165, 1.54) is 16.4 Å². The second-order valence-corrected chi connectivity index (χ2v) is 9.06. The lowest BCUT2D eigenvalue weighted by Gasteiger charge is -2.37. The van der Waals surface area contributed by atoms with Gasteiger partial charge in [-0.15, -0.1) is 0 Å². The van der Waals surface area contributed by atoms with E-state index in [1.807, 2.05) is 13.8 Å². The number of morpholine rings is 1. The van der Waals surface area contributed by atoms with Crippen LogP contribution in [0.2, 0.25) is 5.02 Å². The normalized spacial score (nSPS) is 28.3. The monoisotopic (exact) mass is 386 g/mol. The van der Waals surface area contributed by atoms with Crippen molar-refractivity contribution in [1.29, 1.82) is 0 Å². The number of halogens is 1. The molecule has 2 aliphatic heterocycles. The Morgan fingerprint density at radius 1 is 1.16 bits per heavy atom. The van der Waals surface area contributed by atoms with Gasteiger partial charge in [0.05, 0.1) is 17.1 Å². The van der Waals surface area contributed by atoms with Gasteiger partial charge >= 0.3 is 0 Å². The summed E-state index contributed by atoms with van der Waals surface area (Å²) in [5.41, 5.74) is 0. The summed E-state index contributed by atoms with van der Waals surface area (Å²) in [5, 5.41) is 0.476. The molecule has 6 nitrogen and oxygen atoms in total. The van der Waals surface area contributed by atoms with E-state index in [0.29, 0.717) is 37.5 Å². The number of nitrogens with zero attached hydrogens (tertiary/aromatic N) is 2. The maximum absolute atomic E-state index is 13.0. The summed E-state index contributed by atoms with van der Waals surface area (Å²) in [6.07, 6.45) is 1.13. The average molecular weight is 387 g/mol. The minimum atomic E-state index is -3.72. The van der Waals surface area contributed by atoms with Crippen LogP contribution < -0.4 is 0 Å². The smallest absolute Gasteiger partial charge is 0.243 e. The SMILES string of the molecule is C[C@@H]1CN(C(=O)[C@@H]2CCCN2S(=O)(=O)c2ccc(Cl)cc2)C[C@H](C)O1. The molecule has 2 aliphatic rings. The molecule has 1 amide bonds. The van der Waals surface area contributed by atoms with Crippen LogP contribution in [-0.4, -0.2) is 61.4 Å². The molecule has 0 radical (unpaired) electrons. The summed E-state index contributed by atoms with van der Waals surface area (Å²) in [6.45, 7) is 5.19. The van der Waals surface area contributed by atoms with Crippen LogP contribution in [0.1, 0.15) is 26.7 Å². The van der Waals surface area contributed by atoms with Crippen LogP contribution in [-0.2, 0) is 19.6 Å². The Balaban J connectivity index is 1.82. The van der Waals surface area contributed by atoms with Crippen molar-refractivity contribution < 1.29 is 17.9 Å². The first-order valence-electron chi connectivity index (χ1n) is 8.50. The molecular weight excluding hydrogens is 364 g/mol. The number of hydrogen-bond donors (Lipinski definition) is 0. The van der Waals surface area contributed by atoms with E-state index < -0.39 is 16.1 Å². The van der Waals surface area contributed by atoms with Gasteiger partial charge in [-0.1, -0.05) is 11.6 Å². The Labute approximate surface area is 153 Å². The van der Waals surface area contributed by atoms with Gasteiger partial charge in [-0.05, 0) is 51.0 Å². The number of ether oxygens (including phenoxy) is 1. The Morgan fingerprint density at radius 3 is 2.36 bits per heavy atom. The highest BCUT2D eigenvalue weighted by atomic mass is 35.5. The van der Waals surface area contributed by atoms with E-state index in [9.17, 15) is 13.2 Å². The Morgan fingerprint density at radius 2 is 1.76 bits per heavy atom. The lowest BCUT2D eigenvalue weighted by molar-refractivity contribution is -0.146. The molecule has 1 aromatic rings. The quantitative estimate of drug-likeness (QED) is 0.798. The van der Waals surface area contributed by atoms with E-state index >= 15 is 0 Å². The van der Waals surface area contributed by atoms with E-state index in [1.54, 1.807) is 17.0 Å². The molecule has 25 heavy (non-hydrogen) atoms.